The fourth-order valence-electron chi connectivity index (χ4n) is 0.823. The van der Waals surface area contributed by atoms with E-state index in [1.54, 1.807) is 6.20 Å². The van der Waals surface area contributed by atoms with Crippen LogP contribution in [0.2, 0.25) is 0 Å². The quantitative estimate of drug-likeness (QED) is 0.407. The Balaban J connectivity index is 3.06. The molecule has 0 radical (unpaired) electrons. The molecule has 13 heavy (non-hydrogen) atoms. The number of hydrogen-bond donors (Lipinski definition) is 0. The van der Waals surface area contributed by atoms with Gasteiger partial charge in [0.1, 0.15) is 5.03 Å². The van der Waals surface area contributed by atoms with Gasteiger partial charge in [-0.15, -0.1) is 11.8 Å². The standard InChI is InChI=1S/C8H10N2O2S/c1-5-4-9-6(8(11)12-2)10-7(5)13-3/h4H,1-3H3. The fraction of sp³-hybridized carbons (Fsp3) is 0.375. The number of thioether (sulfide) groups is 1. The first kappa shape index (κ1) is 9.98. The van der Waals surface area contributed by atoms with E-state index in [4.69, 9.17) is 0 Å². The average Bonchev–Trinajstić information content (AvgIpc) is 2.17. The van der Waals surface area contributed by atoms with Crippen LogP contribution in [0, 0.1) is 6.92 Å². The minimum atomic E-state index is -0.504. The lowest BCUT2D eigenvalue weighted by Gasteiger charge is -2.02. The summed E-state index contributed by atoms with van der Waals surface area (Å²) < 4.78 is 4.50. The number of nitrogens with zero attached hydrogens (tertiary/aromatic N) is 2. The molecule has 0 spiro atoms. The van der Waals surface area contributed by atoms with E-state index < -0.39 is 5.97 Å². The molecule has 0 fully saturated rings. The molecular formula is C8H10N2O2S. The van der Waals surface area contributed by atoms with Gasteiger partial charge >= 0.3 is 5.97 Å². The first-order valence-corrected chi connectivity index (χ1v) is 4.87. The van der Waals surface area contributed by atoms with Gasteiger partial charge in [-0.3, -0.25) is 0 Å². The molecule has 4 nitrogen and oxygen atoms in total. The Morgan fingerprint density at radius 2 is 2.31 bits per heavy atom. The molecule has 0 unspecified atom stereocenters. The molecule has 0 aliphatic heterocycles. The van der Waals surface area contributed by atoms with Crippen molar-refractivity contribution in [3.63, 3.8) is 0 Å². The second-order valence-electron chi connectivity index (χ2n) is 2.38. The van der Waals surface area contributed by atoms with Gasteiger partial charge in [0, 0.05) is 6.20 Å². The zero-order chi connectivity index (χ0) is 9.84. The summed E-state index contributed by atoms with van der Waals surface area (Å²) in [6, 6.07) is 0. The molecule has 0 aliphatic rings. The number of ether oxygens (including phenoxy) is 1. The highest BCUT2D eigenvalue weighted by Gasteiger charge is 2.10. The third-order valence-corrected chi connectivity index (χ3v) is 2.29. The zero-order valence-electron chi connectivity index (χ0n) is 7.70. The maximum absolute atomic E-state index is 11.0. The number of rotatable bonds is 2. The Morgan fingerprint density at radius 3 is 2.85 bits per heavy atom. The van der Waals surface area contributed by atoms with Crippen molar-refractivity contribution in [1.29, 1.82) is 0 Å². The van der Waals surface area contributed by atoms with Crippen molar-refractivity contribution >= 4 is 17.7 Å². The molecule has 1 aromatic heterocycles. The minimum Gasteiger partial charge on any atom is -0.463 e. The molecule has 70 valence electrons. The van der Waals surface area contributed by atoms with Crippen molar-refractivity contribution in [2.24, 2.45) is 0 Å². The van der Waals surface area contributed by atoms with Gasteiger partial charge in [-0.05, 0) is 18.7 Å². The van der Waals surface area contributed by atoms with Crippen LogP contribution < -0.4 is 0 Å². The van der Waals surface area contributed by atoms with Crippen LogP contribution in [0.25, 0.3) is 0 Å². The van der Waals surface area contributed by atoms with Gasteiger partial charge < -0.3 is 4.74 Å². The number of esters is 1. The smallest absolute Gasteiger partial charge is 0.376 e. The lowest BCUT2D eigenvalue weighted by atomic mass is 10.4. The van der Waals surface area contributed by atoms with Gasteiger partial charge in [0.15, 0.2) is 0 Å². The van der Waals surface area contributed by atoms with Gasteiger partial charge in [0.25, 0.3) is 0 Å². The first-order chi connectivity index (χ1) is 6.19. The number of hydrogen-bond acceptors (Lipinski definition) is 5. The van der Waals surface area contributed by atoms with Crippen LogP contribution >= 0.6 is 11.8 Å². The van der Waals surface area contributed by atoms with E-state index in [0.29, 0.717) is 0 Å². The molecule has 1 rings (SSSR count). The van der Waals surface area contributed by atoms with E-state index in [9.17, 15) is 4.79 Å². The van der Waals surface area contributed by atoms with Crippen LogP contribution in [0.5, 0.6) is 0 Å². The molecule has 0 aromatic carbocycles. The summed E-state index contributed by atoms with van der Waals surface area (Å²) in [4.78, 5) is 18.9. The van der Waals surface area contributed by atoms with E-state index in [1.807, 2.05) is 13.2 Å². The summed E-state index contributed by atoms with van der Waals surface area (Å²) >= 11 is 1.48. The Hall–Kier alpha value is -1.10. The molecule has 0 amide bonds. The second-order valence-corrected chi connectivity index (χ2v) is 3.17. The van der Waals surface area contributed by atoms with E-state index in [0.717, 1.165) is 10.6 Å². The van der Waals surface area contributed by atoms with Crippen LogP contribution in [-0.4, -0.2) is 29.3 Å². The topological polar surface area (TPSA) is 52.1 Å². The van der Waals surface area contributed by atoms with Crippen molar-refractivity contribution in [3.8, 4) is 0 Å². The number of methoxy groups -OCH3 is 1. The van der Waals surface area contributed by atoms with Gasteiger partial charge in [-0.1, -0.05) is 0 Å². The van der Waals surface area contributed by atoms with E-state index in [2.05, 4.69) is 14.7 Å². The zero-order valence-corrected chi connectivity index (χ0v) is 8.51. The Morgan fingerprint density at radius 1 is 1.62 bits per heavy atom. The highest BCUT2D eigenvalue weighted by molar-refractivity contribution is 7.98. The van der Waals surface area contributed by atoms with E-state index in [1.165, 1.54) is 18.9 Å². The SMILES string of the molecule is COC(=O)c1ncc(C)c(SC)n1. The molecule has 1 heterocycles. The molecule has 0 aliphatic carbocycles. The fourth-order valence-corrected chi connectivity index (χ4v) is 1.38. The Kier molecular flexibility index (Phi) is 3.25. The van der Waals surface area contributed by atoms with Crippen molar-refractivity contribution in [2.75, 3.05) is 13.4 Å². The number of carbonyl (C=O) groups is 1. The number of aryl methyl sites for hydroxylation is 1. The summed E-state index contributed by atoms with van der Waals surface area (Å²) in [6.45, 7) is 1.90. The largest absolute Gasteiger partial charge is 0.463 e. The van der Waals surface area contributed by atoms with Crippen LogP contribution in [0.15, 0.2) is 11.2 Å². The van der Waals surface area contributed by atoms with Gasteiger partial charge in [0.2, 0.25) is 5.82 Å². The van der Waals surface area contributed by atoms with Crippen LogP contribution in [-0.2, 0) is 4.74 Å². The summed E-state index contributed by atoms with van der Waals surface area (Å²) in [6.07, 6.45) is 3.52. The van der Waals surface area contributed by atoms with Crippen molar-refractivity contribution in [1.82, 2.24) is 9.97 Å². The number of carbonyl (C=O) groups excluding carboxylic acids is 1. The van der Waals surface area contributed by atoms with Crippen molar-refractivity contribution in [3.05, 3.63) is 17.6 Å². The monoisotopic (exact) mass is 198 g/mol. The Bertz CT molecular complexity index is 328. The maximum Gasteiger partial charge on any atom is 0.376 e. The van der Waals surface area contributed by atoms with E-state index in [-0.39, 0.29) is 5.82 Å². The van der Waals surface area contributed by atoms with Crippen LogP contribution in [0.3, 0.4) is 0 Å². The van der Waals surface area contributed by atoms with Gasteiger partial charge in [-0.2, -0.15) is 0 Å². The highest BCUT2D eigenvalue weighted by Crippen LogP contribution is 2.15. The summed E-state index contributed by atoms with van der Waals surface area (Å²) in [5.74, 6) is -0.396. The maximum atomic E-state index is 11.0. The number of aromatic nitrogens is 2. The molecule has 0 bridgehead atoms. The molecule has 0 saturated heterocycles. The third kappa shape index (κ3) is 2.18. The molecule has 1 aromatic rings. The van der Waals surface area contributed by atoms with Crippen molar-refractivity contribution in [2.45, 2.75) is 11.9 Å². The first-order valence-electron chi connectivity index (χ1n) is 3.65. The second kappa shape index (κ2) is 4.23. The van der Waals surface area contributed by atoms with Crippen molar-refractivity contribution < 1.29 is 9.53 Å². The van der Waals surface area contributed by atoms with Gasteiger partial charge in [-0.25, -0.2) is 14.8 Å². The predicted molar refractivity (Wildman–Crippen MR) is 49.9 cm³/mol. The van der Waals surface area contributed by atoms with Crippen LogP contribution in [0.1, 0.15) is 16.2 Å². The lowest BCUT2D eigenvalue weighted by molar-refractivity contribution is 0.0585. The van der Waals surface area contributed by atoms with E-state index >= 15 is 0 Å². The lowest BCUT2D eigenvalue weighted by Crippen LogP contribution is -2.08. The van der Waals surface area contributed by atoms with Gasteiger partial charge in [0.05, 0.1) is 7.11 Å². The summed E-state index contributed by atoms with van der Waals surface area (Å²) in [7, 11) is 1.31. The predicted octanol–water partition coefficient (Wildman–Crippen LogP) is 1.29. The normalized spacial score (nSPS) is 9.77. The third-order valence-electron chi connectivity index (χ3n) is 1.49. The molecule has 0 saturated carbocycles. The average molecular weight is 198 g/mol. The highest BCUT2D eigenvalue weighted by atomic mass is 32.2. The molecule has 0 N–H and O–H groups in total. The minimum absolute atomic E-state index is 0.109. The summed E-state index contributed by atoms with van der Waals surface area (Å²) in [5, 5.41) is 0.801. The molecule has 5 heteroatoms. The Labute approximate surface area is 80.7 Å². The summed E-state index contributed by atoms with van der Waals surface area (Å²) in [5.41, 5.74) is 0.958. The van der Waals surface area contributed by atoms with Crippen LogP contribution in [0.4, 0.5) is 0 Å². The molecule has 0 atom stereocenters. The molecular weight excluding hydrogens is 188 g/mol.